The number of hydrogen-bond acceptors (Lipinski definition) is 2. The number of anilines is 1. The average molecular weight is 305 g/mol. The Morgan fingerprint density at radius 2 is 1.72 bits per heavy atom. The molecule has 0 bridgehead atoms. The Bertz CT molecular complexity index is 566. The molecule has 2 aromatic carbocycles. The second kappa shape index (κ2) is 5.33. The van der Waals surface area contributed by atoms with E-state index in [9.17, 15) is 4.79 Å². The van der Waals surface area contributed by atoms with Gasteiger partial charge in [-0.05, 0) is 47.1 Å². The molecular formula is C14H13BrN2O. The maximum absolute atomic E-state index is 12.2. The van der Waals surface area contributed by atoms with Crippen LogP contribution in [0.2, 0.25) is 0 Å². The molecule has 0 saturated carbocycles. The molecule has 0 aliphatic carbocycles. The van der Waals surface area contributed by atoms with Crippen LogP contribution < -0.4 is 10.9 Å². The first kappa shape index (κ1) is 12.8. The van der Waals surface area contributed by atoms with E-state index in [0.717, 1.165) is 15.0 Å². The summed E-state index contributed by atoms with van der Waals surface area (Å²) in [5.41, 5.74) is 2.34. The van der Waals surface area contributed by atoms with Crippen LogP contribution >= 0.6 is 15.9 Å². The van der Waals surface area contributed by atoms with Crippen molar-refractivity contribution in [1.29, 1.82) is 0 Å². The summed E-state index contributed by atoms with van der Waals surface area (Å²) < 4.78 is 0.734. The number of carbonyl (C=O) groups excluding carboxylic acids is 1. The van der Waals surface area contributed by atoms with Crippen molar-refractivity contribution in [2.45, 2.75) is 6.92 Å². The Labute approximate surface area is 114 Å². The molecular weight excluding hydrogens is 292 g/mol. The zero-order valence-corrected chi connectivity index (χ0v) is 11.5. The van der Waals surface area contributed by atoms with Gasteiger partial charge in [0, 0.05) is 4.47 Å². The third-order valence-electron chi connectivity index (χ3n) is 2.64. The number of amides is 1. The minimum atomic E-state index is -0.244. The summed E-state index contributed by atoms with van der Waals surface area (Å²) in [7, 11) is 0. The van der Waals surface area contributed by atoms with Crippen LogP contribution in [0, 0.1) is 6.92 Å². The minimum absolute atomic E-state index is 0.244. The number of hydrazine groups is 1. The van der Waals surface area contributed by atoms with Crippen LogP contribution in [-0.2, 0) is 0 Å². The van der Waals surface area contributed by atoms with Crippen LogP contribution in [0.5, 0.6) is 0 Å². The molecule has 2 N–H and O–H groups in total. The van der Waals surface area contributed by atoms with Gasteiger partial charge in [-0.3, -0.25) is 4.79 Å². The molecule has 0 radical (unpaired) electrons. The van der Waals surface area contributed by atoms with Crippen molar-refractivity contribution >= 4 is 27.5 Å². The molecule has 1 amide bonds. The predicted molar refractivity (Wildman–Crippen MR) is 76.3 cm³/mol. The van der Waals surface area contributed by atoms with Crippen molar-refractivity contribution in [3.8, 4) is 0 Å². The smallest absolute Gasteiger partial charge is 0.267 e. The summed E-state index contributed by atoms with van der Waals surface area (Å²) in [5, 5.41) is 1.15. The lowest BCUT2D eigenvalue weighted by Gasteiger charge is -2.17. The van der Waals surface area contributed by atoms with Crippen molar-refractivity contribution < 1.29 is 4.79 Å². The van der Waals surface area contributed by atoms with Crippen molar-refractivity contribution in [3.05, 3.63) is 64.1 Å². The van der Waals surface area contributed by atoms with Crippen molar-refractivity contribution in [2.24, 2.45) is 5.84 Å². The highest BCUT2D eigenvalue weighted by Gasteiger charge is 2.16. The number of hydrogen-bond donors (Lipinski definition) is 1. The Balaban J connectivity index is 2.29. The van der Waals surface area contributed by atoms with Gasteiger partial charge in [-0.25, -0.2) is 10.9 Å². The van der Waals surface area contributed by atoms with E-state index in [1.807, 2.05) is 43.3 Å². The maximum Gasteiger partial charge on any atom is 0.273 e. The Hall–Kier alpha value is -1.65. The standard InChI is InChI=1S/C14H13BrN2O/c1-10-6-8-11(9-7-10)17(16)14(18)12-4-2-3-5-13(12)15/h2-9H,16H2,1H3. The summed E-state index contributed by atoms with van der Waals surface area (Å²) in [4.78, 5) is 12.2. The molecule has 0 fully saturated rings. The summed E-state index contributed by atoms with van der Waals surface area (Å²) in [6.45, 7) is 1.99. The molecule has 0 aliphatic rings. The van der Waals surface area contributed by atoms with E-state index in [0.29, 0.717) is 11.3 Å². The van der Waals surface area contributed by atoms with E-state index in [1.165, 1.54) is 0 Å². The number of nitrogens with two attached hydrogens (primary N) is 1. The number of benzene rings is 2. The first-order valence-corrected chi connectivity index (χ1v) is 6.29. The molecule has 0 aliphatic heterocycles. The summed E-state index contributed by atoms with van der Waals surface area (Å²) >= 11 is 3.35. The van der Waals surface area contributed by atoms with Gasteiger partial charge in [0.2, 0.25) is 0 Å². The first-order valence-electron chi connectivity index (χ1n) is 5.50. The summed E-state index contributed by atoms with van der Waals surface area (Å²) in [6.07, 6.45) is 0. The second-order valence-corrected chi connectivity index (χ2v) is 4.84. The SMILES string of the molecule is Cc1ccc(N(N)C(=O)c2ccccc2Br)cc1. The number of aryl methyl sites for hydroxylation is 1. The molecule has 4 heteroatoms. The zero-order chi connectivity index (χ0) is 13.1. The van der Waals surface area contributed by atoms with Crippen molar-refractivity contribution in [1.82, 2.24) is 0 Å². The maximum atomic E-state index is 12.2. The Morgan fingerprint density at radius 1 is 1.11 bits per heavy atom. The van der Waals surface area contributed by atoms with Gasteiger partial charge in [0.05, 0.1) is 11.3 Å². The quantitative estimate of drug-likeness (QED) is 0.526. The fourth-order valence-corrected chi connectivity index (χ4v) is 2.04. The van der Waals surface area contributed by atoms with Crippen LogP contribution in [0.25, 0.3) is 0 Å². The highest BCUT2D eigenvalue weighted by molar-refractivity contribution is 9.10. The zero-order valence-electron chi connectivity index (χ0n) is 9.93. The van der Waals surface area contributed by atoms with Crippen LogP contribution in [0.1, 0.15) is 15.9 Å². The summed E-state index contributed by atoms with van der Waals surface area (Å²) in [6, 6.07) is 14.7. The molecule has 0 spiro atoms. The van der Waals surface area contributed by atoms with E-state index in [4.69, 9.17) is 5.84 Å². The van der Waals surface area contributed by atoms with E-state index >= 15 is 0 Å². The Morgan fingerprint density at radius 3 is 2.33 bits per heavy atom. The fourth-order valence-electron chi connectivity index (χ4n) is 1.59. The number of halogens is 1. The molecule has 2 rings (SSSR count). The molecule has 3 nitrogen and oxygen atoms in total. The third-order valence-corrected chi connectivity index (χ3v) is 3.33. The van der Waals surface area contributed by atoms with Gasteiger partial charge in [-0.1, -0.05) is 29.8 Å². The molecule has 0 atom stereocenters. The predicted octanol–water partition coefficient (Wildman–Crippen LogP) is 3.28. The Kier molecular flexibility index (Phi) is 3.79. The largest absolute Gasteiger partial charge is 0.273 e. The van der Waals surface area contributed by atoms with Gasteiger partial charge >= 0.3 is 0 Å². The third kappa shape index (κ3) is 2.60. The van der Waals surface area contributed by atoms with Crippen LogP contribution in [-0.4, -0.2) is 5.91 Å². The van der Waals surface area contributed by atoms with E-state index in [1.54, 1.807) is 12.1 Å². The van der Waals surface area contributed by atoms with Crippen LogP contribution in [0.15, 0.2) is 53.0 Å². The average Bonchev–Trinajstić information content (AvgIpc) is 2.38. The first-order chi connectivity index (χ1) is 8.59. The number of rotatable bonds is 2. The monoisotopic (exact) mass is 304 g/mol. The van der Waals surface area contributed by atoms with Gasteiger partial charge in [-0.15, -0.1) is 0 Å². The fraction of sp³-hybridized carbons (Fsp3) is 0.0714. The lowest BCUT2D eigenvalue weighted by molar-refractivity contribution is 0.0986. The van der Waals surface area contributed by atoms with Gasteiger partial charge in [0.25, 0.3) is 5.91 Å². The second-order valence-electron chi connectivity index (χ2n) is 3.99. The lowest BCUT2D eigenvalue weighted by Crippen LogP contribution is -2.37. The molecule has 18 heavy (non-hydrogen) atoms. The van der Waals surface area contributed by atoms with Crippen LogP contribution in [0.4, 0.5) is 5.69 Å². The molecule has 0 heterocycles. The molecule has 0 saturated heterocycles. The minimum Gasteiger partial charge on any atom is -0.267 e. The highest BCUT2D eigenvalue weighted by atomic mass is 79.9. The lowest BCUT2D eigenvalue weighted by atomic mass is 10.2. The van der Waals surface area contributed by atoms with Crippen LogP contribution in [0.3, 0.4) is 0 Å². The topological polar surface area (TPSA) is 46.3 Å². The van der Waals surface area contributed by atoms with Gasteiger partial charge in [-0.2, -0.15) is 0 Å². The molecule has 2 aromatic rings. The van der Waals surface area contributed by atoms with Crippen molar-refractivity contribution in [2.75, 3.05) is 5.01 Å². The van der Waals surface area contributed by atoms with Crippen molar-refractivity contribution in [3.63, 3.8) is 0 Å². The normalized spacial score (nSPS) is 10.2. The number of nitrogens with zero attached hydrogens (tertiary/aromatic N) is 1. The van der Waals surface area contributed by atoms with E-state index < -0.39 is 0 Å². The van der Waals surface area contributed by atoms with E-state index in [2.05, 4.69) is 15.9 Å². The number of carbonyl (C=O) groups is 1. The van der Waals surface area contributed by atoms with Gasteiger partial charge in [0.15, 0.2) is 0 Å². The van der Waals surface area contributed by atoms with Gasteiger partial charge in [0.1, 0.15) is 0 Å². The molecule has 0 unspecified atom stereocenters. The molecule has 0 aromatic heterocycles. The van der Waals surface area contributed by atoms with Gasteiger partial charge < -0.3 is 0 Å². The summed E-state index contributed by atoms with van der Waals surface area (Å²) in [5.74, 6) is 5.61. The molecule has 92 valence electrons. The van der Waals surface area contributed by atoms with E-state index in [-0.39, 0.29) is 5.91 Å². The highest BCUT2D eigenvalue weighted by Crippen LogP contribution is 2.20.